The Kier molecular flexibility index (Phi) is 6.14. The van der Waals surface area contributed by atoms with E-state index in [2.05, 4.69) is 0 Å². The van der Waals surface area contributed by atoms with E-state index in [9.17, 15) is 19.2 Å². The van der Waals surface area contributed by atoms with Gasteiger partial charge in [-0.05, 0) is 52.4 Å². The number of nitrogens with two attached hydrogens (primary N) is 1. The summed E-state index contributed by atoms with van der Waals surface area (Å²) in [6.07, 6.45) is 1.47. The van der Waals surface area contributed by atoms with Gasteiger partial charge in [0.05, 0.1) is 17.6 Å². The molecule has 0 bridgehead atoms. The quantitative estimate of drug-likeness (QED) is 0.338. The average molecular weight is 462 g/mol. The minimum Gasteiger partial charge on any atom is -0.493 e. The maximum absolute atomic E-state index is 12.9. The SMILES string of the molecule is COc1ccc(/C=C2\SC(=O)N(CC(N)=O)C2=O)cc1OC(=O)c1cccc2ccccc12. The largest absolute Gasteiger partial charge is 0.493 e. The number of esters is 1. The van der Waals surface area contributed by atoms with Crippen LogP contribution in [0.5, 0.6) is 11.5 Å². The molecular formula is C24H18N2O6S. The maximum atomic E-state index is 12.9. The molecule has 0 aliphatic carbocycles. The first-order chi connectivity index (χ1) is 15.9. The Labute approximate surface area is 192 Å². The molecule has 0 unspecified atom stereocenters. The molecule has 1 fully saturated rings. The van der Waals surface area contributed by atoms with Crippen LogP contribution in [0, 0.1) is 0 Å². The van der Waals surface area contributed by atoms with E-state index in [1.54, 1.807) is 24.3 Å². The minimum absolute atomic E-state index is 0.123. The molecule has 3 amide bonds. The number of ether oxygens (including phenoxy) is 2. The third-order valence-corrected chi connectivity index (χ3v) is 5.79. The summed E-state index contributed by atoms with van der Waals surface area (Å²) in [6, 6.07) is 17.6. The second kappa shape index (κ2) is 9.17. The number of imide groups is 1. The van der Waals surface area contributed by atoms with Gasteiger partial charge in [0.25, 0.3) is 11.1 Å². The zero-order valence-electron chi connectivity index (χ0n) is 17.4. The first-order valence-electron chi connectivity index (χ1n) is 9.79. The molecule has 166 valence electrons. The number of hydrogen-bond donors (Lipinski definition) is 1. The van der Waals surface area contributed by atoms with Crippen LogP contribution in [0.15, 0.2) is 65.6 Å². The van der Waals surface area contributed by atoms with Gasteiger partial charge in [-0.15, -0.1) is 0 Å². The number of carbonyl (C=O) groups is 4. The Balaban J connectivity index is 1.63. The molecule has 1 aliphatic rings. The van der Waals surface area contributed by atoms with Crippen molar-refractivity contribution in [2.75, 3.05) is 13.7 Å². The summed E-state index contributed by atoms with van der Waals surface area (Å²) in [5, 5.41) is 1.07. The fraction of sp³-hybridized carbons (Fsp3) is 0.0833. The number of fused-ring (bicyclic) bond motifs is 1. The van der Waals surface area contributed by atoms with Crippen LogP contribution in [0.3, 0.4) is 0 Å². The molecule has 33 heavy (non-hydrogen) atoms. The fourth-order valence-corrected chi connectivity index (χ4v) is 4.20. The number of thioether (sulfide) groups is 1. The molecule has 0 aromatic heterocycles. The fourth-order valence-electron chi connectivity index (χ4n) is 3.36. The molecule has 9 heteroatoms. The van der Waals surface area contributed by atoms with Crippen LogP contribution in [0.1, 0.15) is 15.9 Å². The van der Waals surface area contributed by atoms with E-state index in [0.717, 1.165) is 15.7 Å². The number of amides is 3. The number of hydrogen-bond acceptors (Lipinski definition) is 7. The Morgan fingerprint density at radius 2 is 1.79 bits per heavy atom. The first kappa shape index (κ1) is 22.1. The molecule has 0 radical (unpaired) electrons. The van der Waals surface area contributed by atoms with Crippen LogP contribution < -0.4 is 15.2 Å². The van der Waals surface area contributed by atoms with Crippen LogP contribution in [-0.4, -0.2) is 41.6 Å². The number of methoxy groups -OCH3 is 1. The lowest BCUT2D eigenvalue weighted by Crippen LogP contribution is -2.36. The van der Waals surface area contributed by atoms with Gasteiger partial charge < -0.3 is 15.2 Å². The monoisotopic (exact) mass is 462 g/mol. The summed E-state index contributed by atoms with van der Waals surface area (Å²) in [7, 11) is 1.44. The third kappa shape index (κ3) is 4.58. The van der Waals surface area contributed by atoms with Crippen LogP contribution in [0.2, 0.25) is 0 Å². The van der Waals surface area contributed by atoms with Crippen LogP contribution in [0.25, 0.3) is 16.8 Å². The third-order valence-electron chi connectivity index (χ3n) is 4.89. The van der Waals surface area contributed by atoms with Crippen LogP contribution >= 0.6 is 11.8 Å². The van der Waals surface area contributed by atoms with Crippen molar-refractivity contribution in [2.45, 2.75) is 0 Å². The van der Waals surface area contributed by atoms with Crippen molar-refractivity contribution in [3.05, 3.63) is 76.7 Å². The van der Waals surface area contributed by atoms with Gasteiger partial charge in [0.1, 0.15) is 6.54 Å². The van der Waals surface area contributed by atoms with Gasteiger partial charge in [-0.25, -0.2) is 4.79 Å². The van der Waals surface area contributed by atoms with E-state index < -0.39 is 29.6 Å². The molecule has 0 spiro atoms. The molecule has 4 rings (SSSR count). The predicted octanol–water partition coefficient (Wildman–Crippen LogP) is 3.59. The molecule has 0 atom stereocenters. The van der Waals surface area contributed by atoms with Crippen molar-refractivity contribution in [1.29, 1.82) is 0 Å². The highest BCUT2D eigenvalue weighted by Gasteiger charge is 2.35. The van der Waals surface area contributed by atoms with Crippen molar-refractivity contribution < 1.29 is 28.7 Å². The molecule has 3 aromatic carbocycles. The molecule has 2 N–H and O–H groups in total. The molecule has 1 saturated heterocycles. The van der Waals surface area contributed by atoms with Gasteiger partial charge in [0, 0.05) is 0 Å². The lowest BCUT2D eigenvalue weighted by molar-refractivity contribution is -0.127. The van der Waals surface area contributed by atoms with Crippen molar-refractivity contribution in [2.24, 2.45) is 5.73 Å². The maximum Gasteiger partial charge on any atom is 0.344 e. The minimum atomic E-state index is -0.786. The Morgan fingerprint density at radius 1 is 1.03 bits per heavy atom. The summed E-state index contributed by atoms with van der Waals surface area (Å²) in [5.74, 6) is -1.49. The van der Waals surface area contributed by atoms with Gasteiger partial charge in [-0.1, -0.05) is 42.5 Å². The van der Waals surface area contributed by atoms with Gasteiger partial charge in [-0.2, -0.15) is 0 Å². The van der Waals surface area contributed by atoms with E-state index in [4.69, 9.17) is 15.2 Å². The van der Waals surface area contributed by atoms with Gasteiger partial charge >= 0.3 is 5.97 Å². The highest BCUT2D eigenvalue weighted by molar-refractivity contribution is 8.18. The van der Waals surface area contributed by atoms with E-state index in [1.807, 2.05) is 30.3 Å². The Hall–Kier alpha value is -4.11. The van der Waals surface area contributed by atoms with Crippen LogP contribution in [0.4, 0.5) is 4.79 Å². The normalized spacial score (nSPS) is 14.7. The number of rotatable bonds is 6. The highest BCUT2D eigenvalue weighted by atomic mass is 32.2. The molecule has 3 aromatic rings. The number of nitrogens with zero attached hydrogens (tertiary/aromatic N) is 1. The number of benzene rings is 3. The number of carbonyl (C=O) groups excluding carboxylic acids is 4. The van der Waals surface area contributed by atoms with E-state index in [1.165, 1.54) is 19.3 Å². The second-order valence-corrected chi connectivity index (χ2v) is 8.05. The molecule has 1 aliphatic heterocycles. The second-order valence-electron chi connectivity index (χ2n) is 7.06. The van der Waals surface area contributed by atoms with E-state index in [0.29, 0.717) is 28.6 Å². The topological polar surface area (TPSA) is 116 Å². The first-order valence-corrected chi connectivity index (χ1v) is 10.6. The molecular weight excluding hydrogens is 444 g/mol. The highest BCUT2D eigenvalue weighted by Crippen LogP contribution is 2.35. The summed E-state index contributed by atoms with van der Waals surface area (Å²) in [5.41, 5.74) is 6.00. The zero-order chi connectivity index (χ0) is 23.5. The lowest BCUT2D eigenvalue weighted by Gasteiger charge is -2.11. The molecule has 1 heterocycles. The van der Waals surface area contributed by atoms with Crippen molar-refractivity contribution in [3.63, 3.8) is 0 Å². The summed E-state index contributed by atoms with van der Waals surface area (Å²) in [6.45, 7) is -0.488. The summed E-state index contributed by atoms with van der Waals surface area (Å²) in [4.78, 5) is 49.4. The molecule has 0 saturated carbocycles. The van der Waals surface area contributed by atoms with Gasteiger partial charge in [0.15, 0.2) is 11.5 Å². The Morgan fingerprint density at radius 3 is 2.55 bits per heavy atom. The zero-order valence-corrected chi connectivity index (χ0v) is 18.3. The van der Waals surface area contributed by atoms with Gasteiger partial charge in [-0.3, -0.25) is 19.3 Å². The summed E-state index contributed by atoms with van der Waals surface area (Å²) >= 11 is 0.698. The van der Waals surface area contributed by atoms with Crippen molar-refractivity contribution in [1.82, 2.24) is 4.90 Å². The standard InChI is InChI=1S/C24H18N2O6S/c1-31-18-10-9-14(12-20-22(28)26(13-21(25)27)24(30)33-20)11-19(18)32-23(29)17-8-4-6-15-5-2-3-7-16(15)17/h2-12H,13H2,1H3,(H2,25,27)/b20-12-. The van der Waals surface area contributed by atoms with Crippen molar-refractivity contribution >= 4 is 51.6 Å². The number of primary amides is 1. The average Bonchev–Trinajstić information content (AvgIpc) is 3.05. The van der Waals surface area contributed by atoms with Gasteiger partial charge in [0.2, 0.25) is 5.91 Å². The van der Waals surface area contributed by atoms with E-state index in [-0.39, 0.29) is 10.7 Å². The predicted molar refractivity (Wildman–Crippen MR) is 124 cm³/mol. The molecule has 8 nitrogen and oxygen atoms in total. The van der Waals surface area contributed by atoms with Crippen molar-refractivity contribution in [3.8, 4) is 11.5 Å². The smallest absolute Gasteiger partial charge is 0.344 e. The lowest BCUT2D eigenvalue weighted by atomic mass is 10.0. The van der Waals surface area contributed by atoms with Crippen LogP contribution in [-0.2, 0) is 9.59 Å². The Bertz CT molecular complexity index is 1330. The van der Waals surface area contributed by atoms with E-state index >= 15 is 0 Å². The summed E-state index contributed by atoms with van der Waals surface area (Å²) < 4.78 is 10.9.